The van der Waals surface area contributed by atoms with Gasteiger partial charge in [-0.15, -0.1) is 6.58 Å². The van der Waals surface area contributed by atoms with Crippen LogP contribution in [-0.2, 0) is 0 Å². The molecule has 0 aromatic carbocycles. The fourth-order valence-electron chi connectivity index (χ4n) is 2.09. The van der Waals surface area contributed by atoms with Crippen molar-refractivity contribution in [2.75, 3.05) is 0 Å². The summed E-state index contributed by atoms with van der Waals surface area (Å²) in [7, 11) is 0. The highest BCUT2D eigenvalue weighted by Gasteiger charge is 2.56. The van der Waals surface area contributed by atoms with Gasteiger partial charge in [-0.3, -0.25) is 0 Å². The van der Waals surface area contributed by atoms with E-state index in [1.54, 1.807) is 6.08 Å². The zero-order valence-corrected chi connectivity index (χ0v) is 9.30. The summed E-state index contributed by atoms with van der Waals surface area (Å²) in [5.41, 5.74) is 18.0. The van der Waals surface area contributed by atoms with Gasteiger partial charge in [-0.2, -0.15) is 0 Å². The van der Waals surface area contributed by atoms with Crippen LogP contribution in [0.4, 0.5) is 0 Å². The molecule has 0 saturated heterocycles. The molecule has 0 heterocycles. The molecular formula is C11H21N3. The zero-order valence-electron chi connectivity index (χ0n) is 9.30. The van der Waals surface area contributed by atoms with Crippen LogP contribution in [0.25, 0.3) is 0 Å². The van der Waals surface area contributed by atoms with Crippen molar-refractivity contribution >= 4 is 0 Å². The highest BCUT2D eigenvalue weighted by Crippen LogP contribution is 2.42. The molecule has 14 heavy (non-hydrogen) atoms. The smallest absolute Gasteiger partial charge is 0.0578 e. The molecule has 3 unspecified atom stereocenters. The van der Waals surface area contributed by atoms with Crippen molar-refractivity contribution in [3.63, 3.8) is 0 Å². The highest BCUT2D eigenvalue weighted by atomic mass is 15.0. The summed E-state index contributed by atoms with van der Waals surface area (Å²) >= 11 is 0. The molecule has 1 aliphatic rings. The van der Waals surface area contributed by atoms with Gasteiger partial charge in [-0.05, 0) is 27.2 Å². The van der Waals surface area contributed by atoms with Crippen LogP contribution < -0.4 is 17.2 Å². The van der Waals surface area contributed by atoms with Gasteiger partial charge in [0, 0.05) is 0 Å². The van der Waals surface area contributed by atoms with Crippen molar-refractivity contribution < 1.29 is 0 Å². The summed E-state index contributed by atoms with van der Waals surface area (Å²) in [5, 5.41) is 0. The molecule has 0 aromatic rings. The summed E-state index contributed by atoms with van der Waals surface area (Å²) in [6.07, 6.45) is 4.41. The SMILES string of the molecule is C=CCC1(N)C=C(C)C(C)(N)C1(C)N. The monoisotopic (exact) mass is 195 g/mol. The molecule has 0 fully saturated rings. The predicted molar refractivity (Wildman–Crippen MR) is 60.7 cm³/mol. The van der Waals surface area contributed by atoms with Crippen molar-refractivity contribution in [3.8, 4) is 0 Å². The van der Waals surface area contributed by atoms with Crippen LogP contribution in [0.15, 0.2) is 24.3 Å². The average Bonchev–Trinajstić information content (AvgIpc) is 2.12. The van der Waals surface area contributed by atoms with Gasteiger partial charge in [0.2, 0.25) is 0 Å². The minimum atomic E-state index is -0.641. The molecule has 0 bridgehead atoms. The molecule has 3 atom stereocenters. The van der Waals surface area contributed by atoms with Crippen LogP contribution in [0.5, 0.6) is 0 Å². The van der Waals surface area contributed by atoms with Gasteiger partial charge in [0.1, 0.15) is 0 Å². The predicted octanol–water partition coefficient (Wildman–Crippen LogP) is 0.655. The Morgan fingerprint density at radius 3 is 2.14 bits per heavy atom. The third-order valence-corrected chi connectivity index (χ3v) is 3.82. The summed E-state index contributed by atoms with van der Waals surface area (Å²) in [6.45, 7) is 9.51. The molecule has 0 aliphatic heterocycles. The molecule has 0 spiro atoms. The molecule has 6 N–H and O–H groups in total. The van der Waals surface area contributed by atoms with E-state index in [0.717, 1.165) is 5.57 Å². The lowest BCUT2D eigenvalue weighted by Gasteiger charge is -2.45. The molecule has 3 heteroatoms. The lowest BCUT2D eigenvalue weighted by atomic mass is 9.71. The zero-order chi connectivity index (χ0) is 11.2. The maximum absolute atomic E-state index is 6.26. The molecule has 0 saturated carbocycles. The Balaban J connectivity index is 3.21. The standard InChI is InChI=1S/C11H21N3/c1-5-6-11(14)7-8(2)9(3,12)10(11,4)13/h5,7H,1,6,12-14H2,2-4H3. The summed E-state index contributed by atoms with van der Waals surface area (Å²) in [4.78, 5) is 0. The van der Waals surface area contributed by atoms with Gasteiger partial charge < -0.3 is 17.2 Å². The number of hydrogen-bond acceptors (Lipinski definition) is 3. The van der Waals surface area contributed by atoms with Gasteiger partial charge in [0.15, 0.2) is 0 Å². The van der Waals surface area contributed by atoms with Crippen LogP contribution in [0, 0.1) is 0 Å². The Morgan fingerprint density at radius 1 is 1.36 bits per heavy atom. The maximum Gasteiger partial charge on any atom is 0.0578 e. The molecule has 3 nitrogen and oxygen atoms in total. The van der Waals surface area contributed by atoms with E-state index < -0.39 is 16.6 Å². The highest BCUT2D eigenvalue weighted by molar-refractivity contribution is 5.42. The lowest BCUT2D eigenvalue weighted by molar-refractivity contribution is 0.228. The van der Waals surface area contributed by atoms with Gasteiger partial charge in [0.05, 0.1) is 16.6 Å². The number of nitrogens with two attached hydrogens (primary N) is 3. The van der Waals surface area contributed by atoms with E-state index in [9.17, 15) is 0 Å². The molecule has 0 aromatic heterocycles. The fourth-order valence-corrected chi connectivity index (χ4v) is 2.09. The van der Waals surface area contributed by atoms with E-state index in [1.807, 2.05) is 26.8 Å². The second kappa shape index (κ2) is 2.92. The van der Waals surface area contributed by atoms with Crippen LogP contribution in [0.3, 0.4) is 0 Å². The topological polar surface area (TPSA) is 78.1 Å². The maximum atomic E-state index is 6.26. The first-order valence-corrected chi connectivity index (χ1v) is 4.86. The first kappa shape index (κ1) is 11.4. The first-order chi connectivity index (χ1) is 6.19. The van der Waals surface area contributed by atoms with Crippen molar-refractivity contribution in [1.82, 2.24) is 0 Å². The minimum Gasteiger partial charge on any atom is -0.322 e. The van der Waals surface area contributed by atoms with Gasteiger partial charge in [-0.1, -0.05) is 17.7 Å². The van der Waals surface area contributed by atoms with Crippen LogP contribution in [0.1, 0.15) is 27.2 Å². The Kier molecular flexibility index (Phi) is 2.39. The van der Waals surface area contributed by atoms with Crippen molar-refractivity contribution in [2.24, 2.45) is 17.2 Å². The molecule has 0 amide bonds. The summed E-state index contributed by atoms with van der Waals surface area (Å²) in [6, 6.07) is 0. The molecule has 1 rings (SSSR count). The second-order valence-electron chi connectivity index (χ2n) is 4.77. The normalized spacial score (nSPS) is 47.7. The summed E-state index contributed by atoms with van der Waals surface area (Å²) in [5.74, 6) is 0. The second-order valence-corrected chi connectivity index (χ2v) is 4.77. The molecule has 0 radical (unpaired) electrons. The van der Waals surface area contributed by atoms with Gasteiger partial charge in [-0.25, -0.2) is 0 Å². The van der Waals surface area contributed by atoms with E-state index in [4.69, 9.17) is 17.2 Å². The fraction of sp³-hybridized carbons (Fsp3) is 0.636. The van der Waals surface area contributed by atoms with Crippen molar-refractivity contribution in [3.05, 3.63) is 24.3 Å². The van der Waals surface area contributed by atoms with E-state index in [2.05, 4.69) is 6.58 Å². The van der Waals surface area contributed by atoms with Crippen LogP contribution in [-0.4, -0.2) is 16.6 Å². The van der Waals surface area contributed by atoms with E-state index in [0.29, 0.717) is 6.42 Å². The average molecular weight is 195 g/mol. The first-order valence-electron chi connectivity index (χ1n) is 4.86. The third-order valence-electron chi connectivity index (χ3n) is 3.82. The van der Waals surface area contributed by atoms with Gasteiger partial charge in [0.25, 0.3) is 0 Å². The van der Waals surface area contributed by atoms with Crippen LogP contribution in [0.2, 0.25) is 0 Å². The Hall–Kier alpha value is -0.640. The number of rotatable bonds is 2. The summed E-state index contributed by atoms with van der Waals surface area (Å²) < 4.78 is 0. The van der Waals surface area contributed by atoms with Gasteiger partial charge >= 0.3 is 0 Å². The third kappa shape index (κ3) is 1.16. The Bertz CT molecular complexity index is 289. The number of hydrogen-bond donors (Lipinski definition) is 3. The van der Waals surface area contributed by atoms with Crippen LogP contribution >= 0.6 is 0 Å². The lowest BCUT2D eigenvalue weighted by Crippen LogP contribution is -2.72. The van der Waals surface area contributed by atoms with E-state index >= 15 is 0 Å². The van der Waals surface area contributed by atoms with E-state index in [-0.39, 0.29) is 0 Å². The van der Waals surface area contributed by atoms with E-state index in [1.165, 1.54) is 0 Å². The van der Waals surface area contributed by atoms with Crippen molar-refractivity contribution in [1.29, 1.82) is 0 Å². The molecular weight excluding hydrogens is 174 g/mol. The quantitative estimate of drug-likeness (QED) is 0.566. The largest absolute Gasteiger partial charge is 0.322 e. The van der Waals surface area contributed by atoms with Crippen molar-refractivity contribution in [2.45, 2.75) is 43.8 Å². The molecule has 1 aliphatic carbocycles. The minimum absolute atomic E-state index is 0.551. The Morgan fingerprint density at radius 2 is 1.86 bits per heavy atom. The molecule has 80 valence electrons. The Labute approximate surface area is 86.0 Å².